The number of aryl methyl sites for hydroxylation is 1. The van der Waals surface area contributed by atoms with E-state index in [1.54, 1.807) is 0 Å². The summed E-state index contributed by atoms with van der Waals surface area (Å²) in [5.74, 6) is 1.41. The van der Waals surface area contributed by atoms with Crippen molar-refractivity contribution in [2.45, 2.75) is 77.3 Å². The van der Waals surface area contributed by atoms with Gasteiger partial charge in [-0.3, -0.25) is 4.79 Å². The molecular weight excluding hydrogens is 430 g/mol. The summed E-state index contributed by atoms with van der Waals surface area (Å²) in [6.07, 6.45) is 4.38. The number of carbonyl (C=O) groups is 1. The number of nitrogens with one attached hydrogen (secondary N) is 2. The second-order valence-electron chi connectivity index (χ2n) is 11.1. The van der Waals surface area contributed by atoms with Crippen LogP contribution in [0.1, 0.15) is 74.6 Å². The van der Waals surface area contributed by atoms with Gasteiger partial charge in [-0.25, -0.2) is 0 Å². The predicted octanol–water partition coefficient (Wildman–Crippen LogP) is 5.40. The number of carbonyl (C=O) groups excluding carboxylic acids is 1. The molecule has 2 aliphatic heterocycles. The first kappa shape index (κ1) is 25.9. The third-order valence-corrected chi connectivity index (χ3v) is 8.94. The van der Waals surface area contributed by atoms with Gasteiger partial charge in [-0.1, -0.05) is 87.7 Å². The molecular formula is C31H45N3O. The molecule has 4 nitrogen and oxygen atoms in total. The number of amides is 1. The first-order valence-corrected chi connectivity index (χ1v) is 13.7. The number of piperidine rings is 1. The van der Waals surface area contributed by atoms with Crippen molar-refractivity contribution in [2.75, 3.05) is 26.7 Å². The van der Waals surface area contributed by atoms with Crippen molar-refractivity contribution in [1.29, 1.82) is 0 Å². The number of nitrogens with zero attached hydrogens (tertiary/aromatic N) is 1. The highest BCUT2D eigenvalue weighted by Crippen LogP contribution is 2.42. The molecule has 0 unspecified atom stereocenters. The molecule has 4 heteroatoms. The minimum atomic E-state index is -0.203. The van der Waals surface area contributed by atoms with E-state index in [1.165, 1.54) is 22.3 Å². The van der Waals surface area contributed by atoms with E-state index in [9.17, 15) is 4.79 Å². The quantitative estimate of drug-likeness (QED) is 0.537. The van der Waals surface area contributed by atoms with Crippen molar-refractivity contribution in [3.63, 3.8) is 0 Å². The third kappa shape index (κ3) is 5.20. The minimum Gasteiger partial charge on any atom is -0.339 e. The van der Waals surface area contributed by atoms with Crippen LogP contribution in [0, 0.1) is 18.8 Å². The maximum Gasteiger partial charge on any atom is 0.228 e. The Morgan fingerprint density at radius 1 is 1.17 bits per heavy atom. The van der Waals surface area contributed by atoms with Crippen molar-refractivity contribution < 1.29 is 4.79 Å². The van der Waals surface area contributed by atoms with Gasteiger partial charge in [0.15, 0.2) is 0 Å². The van der Waals surface area contributed by atoms with Crippen LogP contribution in [0.5, 0.6) is 0 Å². The lowest BCUT2D eigenvalue weighted by atomic mass is 9.70. The zero-order valence-electron chi connectivity index (χ0n) is 22.4. The average molecular weight is 476 g/mol. The summed E-state index contributed by atoms with van der Waals surface area (Å²) in [6.45, 7) is 12.3. The van der Waals surface area contributed by atoms with E-state index in [4.69, 9.17) is 0 Å². The van der Waals surface area contributed by atoms with Gasteiger partial charge < -0.3 is 15.5 Å². The van der Waals surface area contributed by atoms with Crippen LogP contribution < -0.4 is 10.6 Å². The van der Waals surface area contributed by atoms with Crippen molar-refractivity contribution in [3.8, 4) is 0 Å². The average Bonchev–Trinajstić information content (AvgIpc) is 3.27. The van der Waals surface area contributed by atoms with Crippen molar-refractivity contribution in [1.82, 2.24) is 15.5 Å². The molecule has 0 bridgehead atoms. The number of likely N-dealkylation sites (tertiary alicyclic amines) is 1. The number of benzene rings is 2. The monoisotopic (exact) mass is 475 g/mol. The summed E-state index contributed by atoms with van der Waals surface area (Å²) in [4.78, 5) is 16.7. The lowest BCUT2D eigenvalue weighted by molar-refractivity contribution is -0.142. The zero-order valence-corrected chi connectivity index (χ0v) is 22.4. The Bertz CT molecular complexity index is 986. The first-order chi connectivity index (χ1) is 16.9. The zero-order chi connectivity index (χ0) is 25.0. The number of rotatable bonds is 8. The molecule has 2 N–H and O–H groups in total. The fourth-order valence-electron chi connectivity index (χ4n) is 6.86. The molecule has 0 aliphatic carbocycles. The number of hydrogen-bond acceptors (Lipinski definition) is 3. The summed E-state index contributed by atoms with van der Waals surface area (Å²) >= 11 is 0. The Kier molecular flexibility index (Phi) is 8.34. The molecule has 4 rings (SSSR count). The van der Waals surface area contributed by atoms with Crippen LogP contribution in [-0.4, -0.2) is 43.5 Å². The molecule has 0 aromatic heterocycles. The molecule has 2 fully saturated rings. The Balaban J connectivity index is 1.63. The molecule has 2 saturated heterocycles. The van der Waals surface area contributed by atoms with E-state index in [1.807, 2.05) is 7.05 Å². The maximum absolute atomic E-state index is 14.4. The highest BCUT2D eigenvalue weighted by Gasteiger charge is 2.49. The SMILES string of the molecule is CCC(CC)[C@@H]1C[C@H](c2ccccc2)CCN1C(=O)[C@H]1CNC[C@]1(C)c1ccc(C)cc1CNC. The van der Waals surface area contributed by atoms with E-state index in [2.05, 4.69) is 91.8 Å². The van der Waals surface area contributed by atoms with Gasteiger partial charge in [-0.05, 0) is 55.3 Å². The lowest BCUT2D eigenvalue weighted by Gasteiger charge is -2.46. The Hall–Kier alpha value is -2.17. The molecule has 4 atom stereocenters. The van der Waals surface area contributed by atoms with E-state index in [0.29, 0.717) is 23.8 Å². The molecule has 0 saturated carbocycles. The van der Waals surface area contributed by atoms with Gasteiger partial charge in [0.05, 0.1) is 5.92 Å². The molecule has 1 amide bonds. The van der Waals surface area contributed by atoms with Crippen molar-refractivity contribution in [3.05, 3.63) is 70.8 Å². The van der Waals surface area contributed by atoms with E-state index >= 15 is 0 Å². The van der Waals surface area contributed by atoms with Crippen LogP contribution in [-0.2, 0) is 16.8 Å². The van der Waals surface area contributed by atoms with Crippen LogP contribution in [0.25, 0.3) is 0 Å². The van der Waals surface area contributed by atoms with Crippen LogP contribution in [0.4, 0.5) is 0 Å². The van der Waals surface area contributed by atoms with Gasteiger partial charge in [0, 0.05) is 37.6 Å². The van der Waals surface area contributed by atoms with Gasteiger partial charge >= 0.3 is 0 Å². The second-order valence-corrected chi connectivity index (χ2v) is 11.1. The molecule has 0 spiro atoms. The summed E-state index contributed by atoms with van der Waals surface area (Å²) < 4.78 is 0. The standard InChI is InChI=1S/C31H45N3O/c1-6-23(7-2)29-18-25(24-11-9-8-10-12-24)15-16-34(29)30(35)28-20-33-21-31(28,4)27-14-13-22(3)17-26(27)19-32-5/h8-14,17,23,25,28-29,32-33H,6-7,15-16,18-21H2,1-5H3/t25-,28-,29+,31-/m1/s1. The highest BCUT2D eigenvalue weighted by molar-refractivity contribution is 5.82. The molecule has 2 aliphatic rings. The Labute approximate surface area is 212 Å². The van der Waals surface area contributed by atoms with Gasteiger partial charge in [-0.2, -0.15) is 0 Å². The second kappa shape index (κ2) is 11.3. The van der Waals surface area contributed by atoms with E-state index < -0.39 is 0 Å². The molecule has 190 valence electrons. The lowest BCUT2D eigenvalue weighted by Crippen LogP contribution is -2.54. The highest BCUT2D eigenvalue weighted by atomic mass is 16.2. The molecule has 2 aromatic rings. The third-order valence-electron chi connectivity index (χ3n) is 8.94. The van der Waals surface area contributed by atoms with Crippen molar-refractivity contribution >= 4 is 5.91 Å². The normalized spacial score (nSPS) is 26.9. The summed E-state index contributed by atoms with van der Waals surface area (Å²) in [7, 11) is 2.00. The maximum atomic E-state index is 14.4. The first-order valence-electron chi connectivity index (χ1n) is 13.7. The van der Waals surface area contributed by atoms with E-state index in [-0.39, 0.29) is 11.3 Å². The number of hydrogen-bond donors (Lipinski definition) is 2. The predicted molar refractivity (Wildman–Crippen MR) is 146 cm³/mol. The Morgan fingerprint density at radius 3 is 2.60 bits per heavy atom. The Morgan fingerprint density at radius 2 is 1.91 bits per heavy atom. The largest absolute Gasteiger partial charge is 0.339 e. The molecule has 0 radical (unpaired) electrons. The van der Waals surface area contributed by atoms with Crippen LogP contribution >= 0.6 is 0 Å². The van der Waals surface area contributed by atoms with Crippen LogP contribution in [0.15, 0.2) is 48.5 Å². The summed E-state index contributed by atoms with van der Waals surface area (Å²) in [5.41, 5.74) is 5.13. The summed E-state index contributed by atoms with van der Waals surface area (Å²) in [6, 6.07) is 18.0. The van der Waals surface area contributed by atoms with Crippen LogP contribution in [0.3, 0.4) is 0 Å². The van der Waals surface area contributed by atoms with Gasteiger partial charge in [0.2, 0.25) is 5.91 Å². The van der Waals surface area contributed by atoms with Crippen LogP contribution in [0.2, 0.25) is 0 Å². The molecule has 35 heavy (non-hydrogen) atoms. The topological polar surface area (TPSA) is 44.4 Å². The fraction of sp³-hybridized carbons (Fsp3) is 0.581. The smallest absolute Gasteiger partial charge is 0.228 e. The van der Waals surface area contributed by atoms with E-state index in [0.717, 1.165) is 51.9 Å². The van der Waals surface area contributed by atoms with Gasteiger partial charge in [-0.15, -0.1) is 0 Å². The van der Waals surface area contributed by atoms with Gasteiger partial charge in [0.1, 0.15) is 0 Å². The van der Waals surface area contributed by atoms with Crippen molar-refractivity contribution in [2.24, 2.45) is 11.8 Å². The molecule has 2 heterocycles. The molecule has 2 aromatic carbocycles. The van der Waals surface area contributed by atoms with Gasteiger partial charge in [0.25, 0.3) is 0 Å². The summed E-state index contributed by atoms with van der Waals surface area (Å²) in [5, 5.41) is 6.95. The minimum absolute atomic E-state index is 0.0362. The fourth-order valence-corrected chi connectivity index (χ4v) is 6.86.